The Hall–Kier alpha value is -3.83. The molecule has 0 saturated carbocycles. The van der Waals surface area contributed by atoms with E-state index in [-0.39, 0.29) is 22.2 Å². The number of benzene rings is 1. The number of pyridine rings is 1. The van der Waals surface area contributed by atoms with Crippen molar-refractivity contribution in [2.24, 2.45) is 0 Å². The number of halogens is 3. The fourth-order valence-electron chi connectivity index (χ4n) is 2.41. The number of nitro benzene ring substituents is 1. The zero-order chi connectivity index (χ0) is 20.5. The number of carbonyl (C=O) groups is 1. The summed E-state index contributed by atoms with van der Waals surface area (Å²) in [5, 5.41) is 13.3. The number of nitro groups is 1. The molecule has 12 heteroatoms. The van der Waals surface area contributed by atoms with Gasteiger partial charge in [0.1, 0.15) is 5.69 Å². The van der Waals surface area contributed by atoms with Crippen LogP contribution in [-0.4, -0.2) is 25.8 Å². The number of amides is 1. The minimum absolute atomic E-state index is 0.109. The summed E-state index contributed by atoms with van der Waals surface area (Å²) in [5.41, 5.74) is -2.46. The van der Waals surface area contributed by atoms with Crippen molar-refractivity contribution in [2.45, 2.75) is 12.7 Å². The van der Waals surface area contributed by atoms with E-state index >= 15 is 0 Å². The number of aromatic amines is 1. The van der Waals surface area contributed by atoms with Crippen LogP contribution in [0.5, 0.6) is 0 Å². The second-order valence-corrected chi connectivity index (χ2v) is 5.64. The van der Waals surface area contributed by atoms with Crippen LogP contribution in [0.4, 0.5) is 18.9 Å². The third kappa shape index (κ3) is 3.95. The highest BCUT2D eigenvalue weighted by Crippen LogP contribution is 2.32. The highest BCUT2D eigenvalue weighted by atomic mass is 19.4. The van der Waals surface area contributed by atoms with E-state index in [0.29, 0.717) is 12.1 Å². The lowest BCUT2D eigenvalue weighted by molar-refractivity contribution is -0.385. The summed E-state index contributed by atoms with van der Waals surface area (Å²) in [6.45, 7) is -0.410. The molecule has 2 N–H and O–H groups in total. The smallest absolute Gasteiger partial charge is 0.347 e. The van der Waals surface area contributed by atoms with Crippen molar-refractivity contribution in [2.75, 3.05) is 0 Å². The number of non-ortho nitro benzene ring substituents is 1. The highest BCUT2D eigenvalue weighted by molar-refractivity contribution is 5.95. The topological polar surface area (TPSA) is 131 Å². The van der Waals surface area contributed by atoms with Crippen LogP contribution in [0.25, 0.3) is 10.9 Å². The maximum atomic E-state index is 12.9. The maximum absolute atomic E-state index is 12.9. The Labute approximate surface area is 153 Å². The van der Waals surface area contributed by atoms with Gasteiger partial charge in [0.05, 0.1) is 33.9 Å². The number of fused-ring (bicyclic) bond motifs is 1. The Morgan fingerprint density at radius 1 is 1.21 bits per heavy atom. The summed E-state index contributed by atoms with van der Waals surface area (Å²) >= 11 is 0. The van der Waals surface area contributed by atoms with Crippen molar-refractivity contribution in [3.8, 4) is 0 Å². The van der Waals surface area contributed by atoms with Gasteiger partial charge in [0.2, 0.25) is 0 Å². The molecule has 0 fully saturated rings. The minimum Gasteiger partial charge on any atom is -0.347 e. The molecule has 9 nitrogen and oxygen atoms in total. The number of hydrogen-bond donors (Lipinski definition) is 2. The van der Waals surface area contributed by atoms with Gasteiger partial charge < -0.3 is 10.3 Å². The fraction of sp³-hybridized carbons (Fsp3) is 0.125. The predicted octanol–water partition coefficient (Wildman–Crippen LogP) is 2.18. The standard InChI is InChI=1S/C16H10F3N5O4/c17-16(18,19)9-1-8(2-10(3-9)24(27)28)5-21-15(26)12-4-11-13(6-20-12)22-7-23-14(11)25/h1-4,6-7H,5H2,(H,21,26)(H,22,23,25). The van der Waals surface area contributed by atoms with Crippen molar-refractivity contribution in [1.29, 1.82) is 0 Å². The molecule has 0 radical (unpaired) electrons. The number of H-pyrrole nitrogens is 1. The molecule has 3 rings (SSSR count). The van der Waals surface area contributed by atoms with Crippen LogP contribution in [0, 0.1) is 10.1 Å². The first-order chi connectivity index (χ1) is 13.1. The molecular weight excluding hydrogens is 383 g/mol. The largest absolute Gasteiger partial charge is 0.416 e. The lowest BCUT2D eigenvalue weighted by Crippen LogP contribution is -2.24. The summed E-state index contributed by atoms with van der Waals surface area (Å²) < 4.78 is 38.7. The summed E-state index contributed by atoms with van der Waals surface area (Å²) in [7, 11) is 0. The van der Waals surface area contributed by atoms with E-state index in [1.54, 1.807) is 0 Å². The first kappa shape index (κ1) is 18.9. The summed E-state index contributed by atoms with van der Waals surface area (Å²) in [6.07, 6.45) is -2.40. The molecule has 2 heterocycles. The molecule has 28 heavy (non-hydrogen) atoms. The molecule has 1 aromatic carbocycles. The Kier molecular flexibility index (Phi) is 4.78. The molecule has 0 bridgehead atoms. The van der Waals surface area contributed by atoms with Gasteiger partial charge in [0.15, 0.2) is 0 Å². The SMILES string of the molecule is O=C(NCc1cc([N+](=O)[O-])cc(C(F)(F)F)c1)c1cc2c(=O)[nH]cnc2cn1. The lowest BCUT2D eigenvalue weighted by Gasteiger charge is -2.10. The van der Waals surface area contributed by atoms with Gasteiger partial charge in [-0.05, 0) is 17.7 Å². The van der Waals surface area contributed by atoms with Crippen LogP contribution in [0.3, 0.4) is 0 Å². The Balaban J connectivity index is 1.84. The summed E-state index contributed by atoms with van der Waals surface area (Å²) in [5.74, 6) is -0.773. The van der Waals surface area contributed by atoms with Gasteiger partial charge in [-0.1, -0.05) is 0 Å². The van der Waals surface area contributed by atoms with E-state index < -0.39 is 40.4 Å². The Morgan fingerprint density at radius 3 is 2.64 bits per heavy atom. The van der Waals surface area contributed by atoms with E-state index in [2.05, 4.69) is 20.3 Å². The molecule has 3 aromatic rings. The average Bonchev–Trinajstić information content (AvgIpc) is 2.65. The van der Waals surface area contributed by atoms with Gasteiger partial charge in [-0.25, -0.2) is 9.97 Å². The number of aromatic nitrogens is 3. The van der Waals surface area contributed by atoms with Crippen LogP contribution < -0.4 is 10.9 Å². The van der Waals surface area contributed by atoms with E-state index in [4.69, 9.17) is 0 Å². The van der Waals surface area contributed by atoms with Gasteiger partial charge in [0, 0.05) is 18.7 Å². The van der Waals surface area contributed by atoms with Crippen LogP contribution in [-0.2, 0) is 12.7 Å². The third-order valence-electron chi connectivity index (χ3n) is 3.73. The van der Waals surface area contributed by atoms with E-state index in [1.807, 2.05) is 0 Å². The molecule has 0 unspecified atom stereocenters. The molecule has 0 aliphatic carbocycles. The van der Waals surface area contributed by atoms with Gasteiger partial charge in [0.25, 0.3) is 17.2 Å². The van der Waals surface area contributed by atoms with Crippen molar-refractivity contribution in [1.82, 2.24) is 20.3 Å². The number of nitrogens with zero attached hydrogens (tertiary/aromatic N) is 3. The maximum Gasteiger partial charge on any atom is 0.416 e. The van der Waals surface area contributed by atoms with Crippen molar-refractivity contribution >= 4 is 22.5 Å². The summed E-state index contributed by atoms with van der Waals surface area (Å²) in [4.78, 5) is 43.9. The van der Waals surface area contributed by atoms with Gasteiger partial charge in [-0.2, -0.15) is 13.2 Å². The number of nitrogens with one attached hydrogen (secondary N) is 2. The number of hydrogen-bond acceptors (Lipinski definition) is 6. The van der Waals surface area contributed by atoms with E-state index in [1.165, 1.54) is 18.6 Å². The van der Waals surface area contributed by atoms with Crippen LogP contribution >= 0.6 is 0 Å². The van der Waals surface area contributed by atoms with Gasteiger partial charge in [-0.15, -0.1) is 0 Å². The van der Waals surface area contributed by atoms with Crippen molar-refractivity contribution < 1.29 is 22.9 Å². The molecule has 144 valence electrons. The quantitative estimate of drug-likeness (QED) is 0.516. The molecule has 0 saturated heterocycles. The zero-order valence-electron chi connectivity index (χ0n) is 13.8. The van der Waals surface area contributed by atoms with E-state index in [9.17, 15) is 32.9 Å². The fourth-order valence-corrected chi connectivity index (χ4v) is 2.41. The molecule has 0 atom stereocenters. The van der Waals surface area contributed by atoms with Crippen LogP contribution in [0.1, 0.15) is 21.6 Å². The molecule has 0 aliphatic rings. The van der Waals surface area contributed by atoms with E-state index in [0.717, 1.165) is 6.07 Å². The van der Waals surface area contributed by atoms with Gasteiger partial charge in [-0.3, -0.25) is 19.7 Å². The highest BCUT2D eigenvalue weighted by Gasteiger charge is 2.32. The lowest BCUT2D eigenvalue weighted by atomic mass is 10.1. The molecule has 1 amide bonds. The number of rotatable bonds is 4. The Morgan fingerprint density at radius 2 is 1.96 bits per heavy atom. The third-order valence-corrected chi connectivity index (χ3v) is 3.73. The predicted molar refractivity (Wildman–Crippen MR) is 89.4 cm³/mol. The minimum atomic E-state index is -4.78. The Bertz CT molecular complexity index is 1140. The first-order valence-corrected chi connectivity index (χ1v) is 7.62. The van der Waals surface area contributed by atoms with Crippen molar-refractivity contribution in [3.05, 3.63) is 74.1 Å². The van der Waals surface area contributed by atoms with Crippen LogP contribution in [0.2, 0.25) is 0 Å². The molecule has 0 aliphatic heterocycles. The first-order valence-electron chi connectivity index (χ1n) is 7.62. The molecular formula is C16H10F3N5O4. The second kappa shape index (κ2) is 7.06. The van der Waals surface area contributed by atoms with Crippen LogP contribution in [0.15, 0.2) is 41.6 Å². The van der Waals surface area contributed by atoms with Gasteiger partial charge >= 0.3 is 6.18 Å². The second-order valence-electron chi connectivity index (χ2n) is 5.64. The number of carbonyl (C=O) groups excluding carboxylic acids is 1. The number of alkyl halides is 3. The average molecular weight is 393 g/mol. The van der Waals surface area contributed by atoms with Crippen molar-refractivity contribution in [3.63, 3.8) is 0 Å². The zero-order valence-corrected chi connectivity index (χ0v) is 13.8. The molecule has 0 spiro atoms. The molecule has 2 aromatic heterocycles. The monoisotopic (exact) mass is 393 g/mol. The summed E-state index contributed by atoms with van der Waals surface area (Å²) in [6, 6.07) is 3.23. The normalized spacial score (nSPS) is 11.4.